The lowest BCUT2D eigenvalue weighted by Crippen LogP contribution is -2.00. The lowest BCUT2D eigenvalue weighted by atomic mass is 10.1. The maximum atomic E-state index is 11.2. The van der Waals surface area contributed by atoms with Gasteiger partial charge in [0.2, 0.25) is 0 Å². The molecule has 1 rings (SSSR count). The minimum Gasteiger partial charge on any atom is -0.465 e. The summed E-state index contributed by atoms with van der Waals surface area (Å²) in [5.41, 5.74) is 2.37. The van der Waals surface area contributed by atoms with Crippen molar-refractivity contribution in [2.24, 2.45) is 4.99 Å². The van der Waals surface area contributed by atoms with Gasteiger partial charge in [-0.1, -0.05) is 6.07 Å². The molecule has 0 saturated heterocycles. The third-order valence-electron chi connectivity index (χ3n) is 1.90. The Morgan fingerprint density at radius 2 is 2.21 bits per heavy atom. The molecule has 74 valence electrons. The topological polar surface area (TPSA) is 38.7 Å². The van der Waals surface area contributed by atoms with E-state index in [0.717, 1.165) is 11.3 Å². The predicted octanol–water partition coefficient (Wildman–Crippen LogP) is 2.50. The molecule has 0 N–H and O–H groups in total. The van der Waals surface area contributed by atoms with Gasteiger partial charge in [0.15, 0.2) is 0 Å². The summed E-state index contributed by atoms with van der Waals surface area (Å²) >= 11 is 0. The van der Waals surface area contributed by atoms with Gasteiger partial charge in [-0.3, -0.25) is 4.99 Å². The van der Waals surface area contributed by atoms with Crippen LogP contribution in [0.4, 0.5) is 5.69 Å². The number of esters is 1. The van der Waals surface area contributed by atoms with E-state index in [2.05, 4.69) is 9.73 Å². The number of carbonyl (C=O) groups excluding carboxylic acids is 1. The molecule has 0 radical (unpaired) electrons. The van der Waals surface area contributed by atoms with Crippen LogP contribution in [-0.4, -0.2) is 19.3 Å². The normalized spacial score (nSPS) is 10.5. The second-order valence-electron chi connectivity index (χ2n) is 2.88. The first-order valence-electron chi connectivity index (χ1n) is 4.36. The number of ether oxygens (including phenoxy) is 1. The Morgan fingerprint density at radius 3 is 2.79 bits per heavy atom. The number of methoxy groups -OCH3 is 1. The van der Waals surface area contributed by atoms with Gasteiger partial charge in [0.1, 0.15) is 0 Å². The maximum Gasteiger partial charge on any atom is 0.337 e. The molecule has 14 heavy (non-hydrogen) atoms. The van der Waals surface area contributed by atoms with Crippen LogP contribution in [-0.2, 0) is 4.74 Å². The highest BCUT2D eigenvalue weighted by atomic mass is 16.5. The smallest absolute Gasteiger partial charge is 0.337 e. The highest BCUT2D eigenvalue weighted by Crippen LogP contribution is 2.20. The zero-order valence-corrected chi connectivity index (χ0v) is 8.57. The molecule has 0 aliphatic heterocycles. The first-order valence-corrected chi connectivity index (χ1v) is 4.36. The molecule has 0 aliphatic rings. The SMILES string of the molecule is C/C=N\c1cc(C(=O)OC)ccc1C. The molecule has 0 unspecified atom stereocenters. The molecular formula is C11H13NO2. The van der Waals surface area contributed by atoms with Gasteiger partial charge in [-0.2, -0.15) is 0 Å². The van der Waals surface area contributed by atoms with Crippen molar-refractivity contribution in [2.45, 2.75) is 13.8 Å². The highest BCUT2D eigenvalue weighted by Gasteiger charge is 2.06. The lowest BCUT2D eigenvalue weighted by Gasteiger charge is -2.03. The number of benzene rings is 1. The van der Waals surface area contributed by atoms with E-state index in [1.807, 2.05) is 19.9 Å². The van der Waals surface area contributed by atoms with Gasteiger partial charge < -0.3 is 4.74 Å². The minimum absolute atomic E-state index is 0.336. The standard InChI is InChI=1S/C11H13NO2/c1-4-12-10-7-9(11(13)14-3)6-5-8(10)2/h4-7H,1-3H3/b12-4-. The van der Waals surface area contributed by atoms with E-state index < -0.39 is 0 Å². The Morgan fingerprint density at radius 1 is 1.50 bits per heavy atom. The molecule has 1 aromatic rings. The number of hydrogen-bond donors (Lipinski definition) is 0. The van der Waals surface area contributed by atoms with Crippen molar-refractivity contribution in [3.05, 3.63) is 29.3 Å². The summed E-state index contributed by atoms with van der Waals surface area (Å²) < 4.78 is 4.62. The molecule has 0 bridgehead atoms. The summed E-state index contributed by atoms with van der Waals surface area (Å²) in [6, 6.07) is 5.31. The van der Waals surface area contributed by atoms with Crippen LogP contribution >= 0.6 is 0 Å². The van der Waals surface area contributed by atoms with Crippen molar-refractivity contribution in [3.8, 4) is 0 Å². The van der Waals surface area contributed by atoms with E-state index in [0.29, 0.717) is 5.56 Å². The number of aliphatic imine (C=N–C) groups is 1. The van der Waals surface area contributed by atoms with E-state index in [9.17, 15) is 4.79 Å². The molecule has 0 heterocycles. The van der Waals surface area contributed by atoms with Gasteiger partial charge in [0, 0.05) is 6.21 Å². The number of carbonyl (C=O) groups is 1. The van der Waals surface area contributed by atoms with Gasteiger partial charge in [0.25, 0.3) is 0 Å². The Kier molecular flexibility index (Phi) is 3.40. The third kappa shape index (κ3) is 2.19. The highest BCUT2D eigenvalue weighted by molar-refractivity contribution is 5.90. The summed E-state index contributed by atoms with van der Waals surface area (Å²) in [6.45, 7) is 3.79. The molecule has 0 amide bonds. The Hall–Kier alpha value is -1.64. The van der Waals surface area contributed by atoms with Crippen LogP contribution < -0.4 is 0 Å². The number of rotatable bonds is 2. The molecule has 3 nitrogen and oxygen atoms in total. The molecule has 0 aliphatic carbocycles. The van der Waals surface area contributed by atoms with Gasteiger partial charge >= 0.3 is 5.97 Å². The molecule has 0 spiro atoms. The summed E-state index contributed by atoms with van der Waals surface area (Å²) in [6.07, 6.45) is 1.70. The molecule has 0 fully saturated rings. The monoisotopic (exact) mass is 191 g/mol. The molecule has 0 aromatic heterocycles. The van der Waals surface area contributed by atoms with Crippen LogP contribution in [0.3, 0.4) is 0 Å². The fraction of sp³-hybridized carbons (Fsp3) is 0.273. The zero-order valence-electron chi connectivity index (χ0n) is 8.57. The van der Waals surface area contributed by atoms with Crippen molar-refractivity contribution >= 4 is 17.9 Å². The summed E-state index contributed by atoms with van der Waals surface area (Å²) in [7, 11) is 1.37. The second-order valence-corrected chi connectivity index (χ2v) is 2.88. The van der Waals surface area contributed by atoms with Crippen LogP contribution in [0.5, 0.6) is 0 Å². The van der Waals surface area contributed by atoms with Gasteiger partial charge in [0.05, 0.1) is 18.4 Å². The van der Waals surface area contributed by atoms with Crippen molar-refractivity contribution < 1.29 is 9.53 Å². The van der Waals surface area contributed by atoms with Crippen LogP contribution in [0.2, 0.25) is 0 Å². The van der Waals surface area contributed by atoms with Crippen LogP contribution in [0.1, 0.15) is 22.8 Å². The van der Waals surface area contributed by atoms with E-state index in [1.165, 1.54) is 7.11 Å². The average molecular weight is 191 g/mol. The molecule has 3 heteroatoms. The largest absolute Gasteiger partial charge is 0.465 e. The van der Waals surface area contributed by atoms with E-state index in [1.54, 1.807) is 18.3 Å². The van der Waals surface area contributed by atoms with Crippen molar-refractivity contribution in [3.63, 3.8) is 0 Å². The first kappa shape index (κ1) is 10.4. The zero-order chi connectivity index (χ0) is 10.6. The van der Waals surface area contributed by atoms with Gasteiger partial charge in [-0.25, -0.2) is 4.79 Å². The lowest BCUT2D eigenvalue weighted by molar-refractivity contribution is 0.0601. The number of nitrogens with zero attached hydrogens (tertiary/aromatic N) is 1. The van der Waals surface area contributed by atoms with Gasteiger partial charge in [-0.15, -0.1) is 0 Å². The summed E-state index contributed by atoms with van der Waals surface area (Å²) in [4.78, 5) is 15.4. The number of aryl methyl sites for hydroxylation is 1. The Bertz CT molecular complexity index is 370. The fourth-order valence-corrected chi connectivity index (χ4v) is 1.13. The minimum atomic E-state index is -0.336. The van der Waals surface area contributed by atoms with E-state index >= 15 is 0 Å². The van der Waals surface area contributed by atoms with E-state index in [-0.39, 0.29) is 5.97 Å². The van der Waals surface area contributed by atoms with Crippen LogP contribution in [0.15, 0.2) is 23.2 Å². The molecular weight excluding hydrogens is 178 g/mol. The summed E-state index contributed by atoms with van der Waals surface area (Å²) in [5.74, 6) is -0.336. The Balaban J connectivity index is 3.12. The number of hydrogen-bond acceptors (Lipinski definition) is 3. The van der Waals surface area contributed by atoms with Crippen LogP contribution in [0.25, 0.3) is 0 Å². The van der Waals surface area contributed by atoms with Crippen molar-refractivity contribution in [1.29, 1.82) is 0 Å². The average Bonchev–Trinajstić information content (AvgIpc) is 2.20. The van der Waals surface area contributed by atoms with Crippen molar-refractivity contribution in [2.75, 3.05) is 7.11 Å². The maximum absolute atomic E-state index is 11.2. The molecule has 0 saturated carbocycles. The first-order chi connectivity index (χ1) is 6.69. The van der Waals surface area contributed by atoms with Crippen molar-refractivity contribution in [1.82, 2.24) is 0 Å². The predicted molar refractivity (Wildman–Crippen MR) is 56.3 cm³/mol. The van der Waals surface area contributed by atoms with Crippen LogP contribution in [0, 0.1) is 6.92 Å². The summed E-state index contributed by atoms with van der Waals surface area (Å²) in [5, 5.41) is 0. The Labute approximate surface area is 83.4 Å². The third-order valence-corrected chi connectivity index (χ3v) is 1.90. The fourth-order valence-electron chi connectivity index (χ4n) is 1.13. The van der Waals surface area contributed by atoms with E-state index in [4.69, 9.17) is 0 Å². The van der Waals surface area contributed by atoms with Gasteiger partial charge in [-0.05, 0) is 31.5 Å². The molecule has 0 atom stereocenters. The second kappa shape index (κ2) is 4.56. The quantitative estimate of drug-likeness (QED) is 0.532. The molecule has 1 aromatic carbocycles.